The summed E-state index contributed by atoms with van der Waals surface area (Å²) < 4.78 is 0. The molecule has 0 aliphatic carbocycles. The highest BCUT2D eigenvalue weighted by Gasteiger charge is 2.09. The topological polar surface area (TPSA) is 99.3 Å². The molecule has 2 aromatic carbocycles. The van der Waals surface area contributed by atoms with Gasteiger partial charge in [-0.25, -0.2) is 0 Å². The summed E-state index contributed by atoms with van der Waals surface area (Å²) >= 11 is 11.1. The predicted molar refractivity (Wildman–Crippen MR) is 121 cm³/mol. The minimum Gasteiger partial charge on any atom is -0.326 e. The van der Waals surface area contributed by atoms with Gasteiger partial charge in [-0.3, -0.25) is 25.2 Å². The van der Waals surface area contributed by atoms with Gasteiger partial charge in [-0.05, 0) is 61.0 Å². The van der Waals surface area contributed by atoms with Gasteiger partial charge in [-0.2, -0.15) is 0 Å². The van der Waals surface area contributed by atoms with Crippen LogP contribution in [0.15, 0.2) is 48.5 Å². The van der Waals surface area contributed by atoms with Crippen molar-refractivity contribution in [1.29, 1.82) is 0 Å². The first-order chi connectivity index (χ1) is 14.4. The minimum atomic E-state index is -0.436. The van der Waals surface area contributed by atoms with Gasteiger partial charge in [0.15, 0.2) is 5.11 Å². The van der Waals surface area contributed by atoms with Crippen molar-refractivity contribution in [2.45, 2.75) is 32.6 Å². The van der Waals surface area contributed by atoms with Gasteiger partial charge in [-0.1, -0.05) is 36.7 Å². The summed E-state index contributed by atoms with van der Waals surface area (Å²) in [6.45, 7) is 1.92. The van der Waals surface area contributed by atoms with Gasteiger partial charge >= 0.3 is 0 Å². The van der Waals surface area contributed by atoms with E-state index in [1.807, 2.05) is 25.1 Å². The van der Waals surface area contributed by atoms with Gasteiger partial charge in [0.2, 0.25) is 11.8 Å². The van der Waals surface area contributed by atoms with E-state index in [1.54, 1.807) is 30.3 Å². The Kier molecular flexibility index (Phi) is 9.24. The first kappa shape index (κ1) is 23.3. The van der Waals surface area contributed by atoms with Crippen LogP contribution in [0, 0.1) is 0 Å². The monoisotopic (exact) mass is 446 g/mol. The summed E-state index contributed by atoms with van der Waals surface area (Å²) in [5.74, 6) is -0.810. The summed E-state index contributed by atoms with van der Waals surface area (Å²) in [4.78, 5) is 35.8. The zero-order valence-electron chi connectivity index (χ0n) is 16.5. The number of thiocarbonyl (C=S) groups is 1. The molecule has 0 heterocycles. The molecular weight excluding hydrogens is 424 g/mol. The van der Waals surface area contributed by atoms with Gasteiger partial charge < -0.3 is 10.6 Å². The maximum Gasteiger partial charge on any atom is 0.269 e. The summed E-state index contributed by atoms with van der Waals surface area (Å²) in [5, 5.41) is 5.83. The zero-order valence-corrected chi connectivity index (χ0v) is 18.0. The maximum absolute atomic E-state index is 12.2. The number of hydrogen-bond acceptors (Lipinski definition) is 4. The standard InChI is InChI=1S/C21H23ClN4O3S/c1-2-5-18(27)23-16-11-8-15(9-12-16)20(29)25-26-21(30)24-19(28)13-10-14-6-3-4-7-17(14)22/h3-4,6-9,11-12H,2,5,10,13H2,1H3,(H,23,27)(H,25,29)(H2,24,26,28,30). The third kappa shape index (κ3) is 7.81. The molecule has 0 bridgehead atoms. The lowest BCUT2D eigenvalue weighted by atomic mass is 10.1. The number of anilines is 1. The van der Waals surface area contributed by atoms with Crippen molar-refractivity contribution in [1.82, 2.24) is 16.2 Å². The molecule has 0 aliphatic rings. The van der Waals surface area contributed by atoms with Crippen LogP contribution < -0.4 is 21.5 Å². The smallest absolute Gasteiger partial charge is 0.269 e. The van der Waals surface area contributed by atoms with E-state index in [1.165, 1.54) is 0 Å². The molecule has 30 heavy (non-hydrogen) atoms. The molecule has 9 heteroatoms. The van der Waals surface area contributed by atoms with Crippen molar-refractivity contribution in [2.24, 2.45) is 0 Å². The number of hydrazine groups is 1. The average Bonchev–Trinajstić information content (AvgIpc) is 2.72. The van der Waals surface area contributed by atoms with Crippen LogP contribution in [0.3, 0.4) is 0 Å². The van der Waals surface area contributed by atoms with Crippen molar-refractivity contribution in [3.8, 4) is 0 Å². The van der Waals surface area contributed by atoms with Crippen molar-refractivity contribution < 1.29 is 14.4 Å². The molecule has 0 radical (unpaired) electrons. The first-order valence-corrected chi connectivity index (χ1v) is 10.2. The number of benzene rings is 2. The molecule has 4 N–H and O–H groups in total. The Morgan fingerprint density at radius 1 is 0.933 bits per heavy atom. The van der Waals surface area contributed by atoms with E-state index < -0.39 is 5.91 Å². The Hall–Kier alpha value is -2.97. The SMILES string of the molecule is CCCC(=O)Nc1ccc(C(=O)NNC(=S)NC(=O)CCc2ccccc2Cl)cc1. The second-order valence-electron chi connectivity index (χ2n) is 6.42. The van der Waals surface area contributed by atoms with E-state index in [0.717, 1.165) is 12.0 Å². The Morgan fingerprint density at radius 3 is 2.30 bits per heavy atom. The number of aryl methyl sites for hydroxylation is 1. The Bertz CT molecular complexity index is 919. The molecule has 0 aromatic heterocycles. The van der Waals surface area contributed by atoms with E-state index in [-0.39, 0.29) is 23.3 Å². The highest BCUT2D eigenvalue weighted by atomic mass is 35.5. The molecular formula is C21H23ClN4O3S. The van der Waals surface area contributed by atoms with Gasteiger partial charge in [0, 0.05) is 29.1 Å². The quantitative estimate of drug-likeness (QED) is 0.386. The Morgan fingerprint density at radius 2 is 1.63 bits per heavy atom. The van der Waals surface area contributed by atoms with Gasteiger partial charge in [0.1, 0.15) is 0 Å². The van der Waals surface area contributed by atoms with Crippen molar-refractivity contribution in [3.63, 3.8) is 0 Å². The number of carbonyl (C=O) groups is 3. The lowest BCUT2D eigenvalue weighted by Crippen LogP contribution is -2.48. The molecule has 3 amide bonds. The van der Waals surface area contributed by atoms with E-state index in [0.29, 0.717) is 29.1 Å². The molecule has 0 atom stereocenters. The highest BCUT2D eigenvalue weighted by molar-refractivity contribution is 7.80. The lowest BCUT2D eigenvalue weighted by Gasteiger charge is -2.11. The second-order valence-corrected chi connectivity index (χ2v) is 7.24. The van der Waals surface area contributed by atoms with Gasteiger partial charge in [0.05, 0.1) is 0 Å². The second kappa shape index (κ2) is 11.9. The van der Waals surface area contributed by atoms with Crippen molar-refractivity contribution >= 4 is 52.3 Å². The Balaban J connectivity index is 1.74. The molecule has 0 fully saturated rings. The molecule has 0 unspecified atom stereocenters. The normalized spacial score (nSPS) is 10.1. The van der Waals surface area contributed by atoms with Crippen LogP contribution in [-0.4, -0.2) is 22.8 Å². The van der Waals surface area contributed by atoms with E-state index in [9.17, 15) is 14.4 Å². The number of carbonyl (C=O) groups excluding carboxylic acids is 3. The van der Waals surface area contributed by atoms with Gasteiger partial charge in [0.25, 0.3) is 5.91 Å². The molecule has 0 saturated heterocycles. The number of halogens is 1. The molecule has 0 saturated carbocycles. The summed E-state index contributed by atoms with van der Waals surface area (Å²) in [5.41, 5.74) is 6.75. The summed E-state index contributed by atoms with van der Waals surface area (Å²) in [6.07, 6.45) is 1.87. The number of hydrogen-bond donors (Lipinski definition) is 4. The molecule has 158 valence electrons. The third-order valence-corrected chi connectivity index (χ3v) is 4.60. The molecule has 2 aromatic rings. The van der Waals surface area contributed by atoms with Crippen LogP contribution in [0.5, 0.6) is 0 Å². The number of rotatable bonds is 7. The average molecular weight is 447 g/mol. The van der Waals surface area contributed by atoms with Crippen LogP contribution in [-0.2, 0) is 16.0 Å². The minimum absolute atomic E-state index is 0.0176. The summed E-state index contributed by atoms with van der Waals surface area (Å²) in [6, 6.07) is 13.7. The number of amides is 3. The third-order valence-electron chi connectivity index (χ3n) is 4.03. The van der Waals surface area contributed by atoms with Crippen LogP contribution >= 0.6 is 23.8 Å². The molecule has 0 spiro atoms. The van der Waals surface area contributed by atoms with Crippen LogP contribution in [0.25, 0.3) is 0 Å². The van der Waals surface area contributed by atoms with Gasteiger partial charge in [-0.15, -0.1) is 0 Å². The first-order valence-electron chi connectivity index (χ1n) is 9.42. The fourth-order valence-electron chi connectivity index (χ4n) is 2.51. The summed E-state index contributed by atoms with van der Waals surface area (Å²) in [7, 11) is 0. The molecule has 7 nitrogen and oxygen atoms in total. The van der Waals surface area contributed by atoms with Crippen LogP contribution in [0.1, 0.15) is 42.1 Å². The van der Waals surface area contributed by atoms with E-state index >= 15 is 0 Å². The predicted octanol–water partition coefficient (Wildman–Crippen LogP) is 3.35. The van der Waals surface area contributed by atoms with E-state index in [2.05, 4.69) is 21.5 Å². The van der Waals surface area contributed by atoms with Crippen molar-refractivity contribution in [3.05, 3.63) is 64.7 Å². The fourth-order valence-corrected chi connectivity index (χ4v) is 2.91. The largest absolute Gasteiger partial charge is 0.326 e. The van der Waals surface area contributed by atoms with Crippen LogP contribution in [0.4, 0.5) is 5.69 Å². The Labute approximate surface area is 185 Å². The molecule has 0 aliphatic heterocycles. The maximum atomic E-state index is 12.2. The lowest BCUT2D eigenvalue weighted by molar-refractivity contribution is -0.119. The zero-order chi connectivity index (χ0) is 21.9. The van der Waals surface area contributed by atoms with Crippen molar-refractivity contribution in [2.75, 3.05) is 5.32 Å². The molecule has 2 rings (SSSR count). The van der Waals surface area contributed by atoms with E-state index in [4.69, 9.17) is 23.8 Å². The fraction of sp³-hybridized carbons (Fsp3) is 0.238. The number of nitrogens with one attached hydrogen (secondary N) is 4. The van der Waals surface area contributed by atoms with Crippen LogP contribution in [0.2, 0.25) is 5.02 Å². The highest BCUT2D eigenvalue weighted by Crippen LogP contribution is 2.16.